The van der Waals surface area contributed by atoms with Gasteiger partial charge in [-0.05, 0) is 31.0 Å². The first-order chi connectivity index (χ1) is 10.1. The smallest absolute Gasteiger partial charge is 0.335 e. The number of fused-ring (bicyclic) bond motifs is 1. The van der Waals surface area contributed by atoms with Gasteiger partial charge in [-0.1, -0.05) is 6.92 Å². The van der Waals surface area contributed by atoms with Crippen LogP contribution in [-0.2, 0) is 17.2 Å². The third-order valence-electron chi connectivity index (χ3n) is 4.05. The number of carboxylic acid groups (broad SMARTS) is 1. The predicted octanol–water partition coefficient (Wildman–Crippen LogP) is 2.38. The van der Waals surface area contributed by atoms with Gasteiger partial charge in [0.1, 0.15) is 5.82 Å². The average Bonchev–Trinajstić information content (AvgIpc) is 2.85. The highest BCUT2D eigenvalue weighted by molar-refractivity contribution is 7.85. The van der Waals surface area contributed by atoms with Gasteiger partial charge in [0.05, 0.1) is 16.6 Å². The highest BCUT2D eigenvalue weighted by Gasteiger charge is 2.23. The maximum absolute atomic E-state index is 11.5. The molecule has 1 aromatic heterocycles. The highest BCUT2D eigenvalue weighted by Crippen LogP contribution is 2.29. The maximum atomic E-state index is 11.5. The zero-order valence-electron chi connectivity index (χ0n) is 11.9. The minimum Gasteiger partial charge on any atom is -0.478 e. The number of aryl methyl sites for hydroxylation is 1. The molecule has 112 valence electrons. The summed E-state index contributed by atoms with van der Waals surface area (Å²) < 4.78 is 13.7. The topological polar surface area (TPSA) is 72.2 Å². The fourth-order valence-electron chi connectivity index (χ4n) is 2.97. The molecule has 0 unspecified atom stereocenters. The number of hydrogen-bond acceptors (Lipinski definition) is 3. The van der Waals surface area contributed by atoms with E-state index in [1.165, 1.54) is 0 Å². The minimum atomic E-state index is -0.924. The quantitative estimate of drug-likeness (QED) is 0.945. The van der Waals surface area contributed by atoms with Crippen molar-refractivity contribution in [2.24, 2.45) is 0 Å². The van der Waals surface area contributed by atoms with E-state index in [0.29, 0.717) is 11.5 Å². The third kappa shape index (κ3) is 2.60. The molecular formula is C15H18N2O3S. The van der Waals surface area contributed by atoms with E-state index in [1.807, 2.05) is 0 Å². The van der Waals surface area contributed by atoms with E-state index in [-0.39, 0.29) is 11.6 Å². The molecule has 1 N–H and O–H groups in total. The number of aromatic carboxylic acids is 1. The van der Waals surface area contributed by atoms with Gasteiger partial charge in [-0.2, -0.15) is 0 Å². The van der Waals surface area contributed by atoms with Crippen LogP contribution in [0.3, 0.4) is 0 Å². The lowest BCUT2D eigenvalue weighted by Crippen LogP contribution is -2.23. The first-order valence-corrected chi connectivity index (χ1v) is 8.68. The molecular weight excluding hydrogens is 288 g/mol. The van der Waals surface area contributed by atoms with Gasteiger partial charge in [0.25, 0.3) is 0 Å². The molecule has 0 radical (unpaired) electrons. The van der Waals surface area contributed by atoms with Crippen LogP contribution in [0.15, 0.2) is 18.2 Å². The average molecular weight is 306 g/mol. The second-order valence-electron chi connectivity index (χ2n) is 5.34. The van der Waals surface area contributed by atoms with E-state index in [1.54, 1.807) is 18.2 Å². The Morgan fingerprint density at radius 1 is 1.43 bits per heavy atom. The van der Waals surface area contributed by atoms with Crippen molar-refractivity contribution in [3.8, 4) is 0 Å². The Morgan fingerprint density at radius 2 is 2.14 bits per heavy atom. The van der Waals surface area contributed by atoms with Crippen molar-refractivity contribution in [3.63, 3.8) is 0 Å². The summed E-state index contributed by atoms with van der Waals surface area (Å²) in [4.78, 5) is 15.8. The molecule has 0 amide bonds. The normalized spacial score (nSPS) is 22.5. The molecule has 1 aromatic carbocycles. The molecule has 1 fully saturated rings. The molecule has 2 aromatic rings. The number of hydrogen-bond donors (Lipinski definition) is 1. The molecule has 21 heavy (non-hydrogen) atoms. The monoisotopic (exact) mass is 306 g/mol. The van der Waals surface area contributed by atoms with Crippen LogP contribution in [0.1, 0.15) is 42.0 Å². The standard InChI is InChI=1S/C15H18N2O3S/c1-2-14-16-12-4-3-10(15(18)19)9-13(12)17(14)11-5-7-21(20)8-6-11/h3-4,9,11H,2,5-8H2,1H3,(H,18,19). The Morgan fingerprint density at radius 3 is 2.76 bits per heavy atom. The van der Waals surface area contributed by atoms with Crippen molar-refractivity contribution < 1.29 is 14.1 Å². The van der Waals surface area contributed by atoms with Crippen molar-refractivity contribution in [2.75, 3.05) is 11.5 Å². The lowest BCUT2D eigenvalue weighted by molar-refractivity contribution is 0.0697. The molecule has 0 atom stereocenters. The Hall–Kier alpha value is -1.69. The fourth-order valence-corrected chi connectivity index (χ4v) is 4.25. The summed E-state index contributed by atoms with van der Waals surface area (Å²) in [6, 6.07) is 5.34. The summed E-state index contributed by atoms with van der Waals surface area (Å²) in [5.74, 6) is 1.48. The van der Waals surface area contributed by atoms with Crippen molar-refractivity contribution in [3.05, 3.63) is 29.6 Å². The SMILES string of the molecule is CCc1nc2ccc(C(=O)O)cc2n1C1CCS(=O)CC1. The Bertz CT molecular complexity index is 713. The summed E-state index contributed by atoms with van der Waals surface area (Å²) >= 11 is 0. The summed E-state index contributed by atoms with van der Waals surface area (Å²) in [7, 11) is -0.704. The van der Waals surface area contributed by atoms with Gasteiger partial charge in [0, 0.05) is 34.8 Å². The Labute approximate surface area is 125 Å². The van der Waals surface area contributed by atoms with Crippen LogP contribution in [0.2, 0.25) is 0 Å². The lowest BCUT2D eigenvalue weighted by atomic mass is 10.1. The van der Waals surface area contributed by atoms with Crippen molar-refractivity contribution in [1.82, 2.24) is 9.55 Å². The predicted molar refractivity (Wildman–Crippen MR) is 82.2 cm³/mol. The van der Waals surface area contributed by atoms with E-state index >= 15 is 0 Å². The molecule has 5 nitrogen and oxygen atoms in total. The van der Waals surface area contributed by atoms with Crippen molar-refractivity contribution in [1.29, 1.82) is 0 Å². The molecule has 6 heteroatoms. The summed E-state index contributed by atoms with van der Waals surface area (Å²) in [6.45, 7) is 2.05. The number of imidazole rings is 1. The first kappa shape index (κ1) is 14.3. The van der Waals surface area contributed by atoms with Gasteiger partial charge in [0.2, 0.25) is 0 Å². The van der Waals surface area contributed by atoms with E-state index < -0.39 is 16.8 Å². The molecule has 3 rings (SSSR count). The van der Waals surface area contributed by atoms with Crippen LogP contribution >= 0.6 is 0 Å². The van der Waals surface area contributed by atoms with Crippen molar-refractivity contribution >= 4 is 27.8 Å². The van der Waals surface area contributed by atoms with Gasteiger partial charge >= 0.3 is 5.97 Å². The van der Waals surface area contributed by atoms with Crippen molar-refractivity contribution in [2.45, 2.75) is 32.2 Å². The second-order valence-corrected chi connectivity index (χ2v) is 7.04. The molecule has 0 saturated carbocycles. The van der Waals surface area contributed by atoms with E-state index in [0.717, 1.165) is 36.1 Å². The maximum Gasteiger partial charge on any atom is 0.335 e. The van der Waals surface area contributed by atoms with Crippen LogP contribution in [0.25, 0.3) is 11.0 Å². The molecule has 0 bridgehead atoms. The molecule has 2 heterocycles. The molecule has 0 aliphatic carbocycles. The fraction of sp³-hybridized carbons (Fsp3) is 0.467. The van der Waals surface area contributed by atoms with E-state index in [2.05, 4.69) is 16.5 Å². The minimum absolute atomic E-state index is 0.270. The summed E-state index contributed by atoms with van der Waals surface area (Å²) in [6.07, 6.45) is 2.53. The Balaban J connectivity index is 2.11. The molecule has 1 aliphatic rings. The molecule has 0 spiro atoms. The second kappa shape index (κ2) is 5.60. The van der Waals surface area contributed by atoms with Gasteiger partial charge in [-0.15, -0.1) is 0 Å². The van der Waals surface area contributed by atoms with Crippen LogP contribution < -0.4 is 0 Å². The van der Waals surface area contributed by atoms with Crippen LogP contribution in [0.5, 0.6) is 0 Å². The van der Waals surface area contributed by atoms with Crippen LogP contribution in [-0.4, -0.2) is 36.3 Å². The first-order valence-electron chi connectivity index (χ1n) is 7.19. The van der Waals surface area contributed by atoms with E-state index in [9.17, 15) is 14.1 Å². The number of carbonyl (C=O) groups is 1. The number of nitrogens with zero attached hydrogens (tertiary/aromatic N) is 2. The van der Waals surface area contributed by atoms with Gasteiger partial charge in [-0.25, -0.2) is 9.78 Å². The Kier molecular flexibility index (Phi) is 3.80. The summed E-state index contributed by atoms with van der Waals surface area (Å²) in [5.41, 5.74) is 2.00. The molecule has 1 saturated heterocycles. The third-order valence-corrected chi connectivity index (χ3v) is 5.43. The van der Waals surface area contributed by atoms with Gasteiger partial charge < -0.3 is 9.67 Å². The van der Waals surface area contributed by atoms with Crippen LogP contribution in [0.4, 0.5) is 0 Å². The number of benzene rings is 1. The zero-order chi connectivity index (χ0) is 15.0. The van der Waals surface area contributed by atoms with E-state index in [4.69, 9.17) is 0 Å². The van der Waals surface area contributed by atoms with Gasteiger partial charge in [-0.3, -0.25) is 4.21 Å². The number of aromatic nitrogens is 2. The lowest BCUT2D eigenvalue weighted by Gasteiger charge is -2.25. The van der Waals surface area contributed by atoms with Gasteiger partial charge in [0.15, 0.2) is 0 Å². The zero-order valence-corrected chi connectivity index (χ0v) is 12.7. The highest BCUT2D eigenvalue weighted by atomic mass is 32.2. The summed E-state index contributed by atoms with van der Waals surface area (Å²) in [5, 5.41) is 9.17. The molecule has 1 aliphatic heterocycles. The number of carboxylic acids is 1. The van der Waals surface area contributed by atoms with Crippen LogP contribution in [0, 0.1) is 0 Å². The largest absolute Gasteiger partial charge is 0.478 e. The number of rotatable bonds is 3.